The predicted molar refractivity (Wildman–Crippen MR) is 86.0 cm³/mol. The fourth-order valence-corrected chi connectivity index (χ4v) is 2.09. The van der Waals surface area contributed by atoms with Crippen LogP contribution in [0.15, 0.2) is 54.6 Å². The Hall–Kier alpha value is -2.49. The Morgan fingerprint density at radius 2 is 1.64 bits per heavy atom. The Morgan fingerprint density at radius 1 is 1.00 bits per heavy atom. The van der Waals surface area contributed by atoms with Crippen molar-refractivity contribution >= 4 is 5.91 Å². The second-order valence-corrected chi connectivity index (χ2v) is 4.86. The van der Waals surface area contributed by atoms with E-state index in [1.807, 2.05) is 37.3 Å². The average molecular weight is 299 g/mol. The number of ether oxygens (including phenoxy) is 2. The van der Waals surface area contributed by atoms with E-state index in [0.717, 1.165) is 11.3 Å². The Kier molecular flexibility index (Phi) is 5.83. The van der Waals surface area contributed by atoms with Gasteiger partial charge in [0.2, 0.25) is 0 Å². The molecule has 0 aliphatic carbocycles. The third kappa shape index (κ3) is 4.52. The molecule has 2 aromatic carbocycles. The third-order valence-corrected chi connectivity index (χ3v) is 3.37. The number of carbonyl (C=O) groups excluding carboxylic acids is 1. The van der Waals surface area contributed by atoms with E-state index in [9.17, 15) is 4.79 Å². The molecule has 22 heavy (non-hydrogen) atoms. The molecule has 0 fully saturated rings. The van der Waals surface area contributed by atoms with Crippen molar-refractivity contribution in [3.05, 3.63) is 60.2 Å². The van der Waals surface area contributed by atoms with Crippen LogP contribution in [0.1, 0.15) is 12.5 Å². The van der Waals surface area contributed by atoms with E-state index in [2.05, 4.69) is 0 Å². The summed E-state index contributed by atoms with van der Waals surface area (Å²) in [7, 11) is 1.61. The van der Waals surface area contributed by atoms with Gasteiger partial charge in [-0.1, -0.05) is 30.3 Å². The lowest BCUT2D eigenvalue weighted by atomic mass is 10.2. The Bertz CT molecular complexity index is 581. The first-order valence-corrected chi connectivity index (χ1v) is 7.31. The summed E-state index contributed by atoms with van der Waals surface area (Å²) in [6.07, 6.45) is 0. The van der Waals surface area contributed by atoms with Crippen molar-refractivity contribution in [2.75, 3.05) is 20.3 Å². The minimum absolute atomic E-state index is 0.0258. The molecule has 0 spiro atoms. The molecular formula is C18H21NO3. The number of benzene rings is 2. The molecule has 2 aromatic rings. The van der Waals surface area contributed by atoms with Crippen LogP contribution in [0.2, 0.25) is 0 Å². The van der Waals surface area contributed by atoms with Crippen LogP contribution >= 0.6 is 0 Å². The van der Waals surface area contributed by atoms with E-state index in [4.69, 9.17) is 9.47 Å². The highest BCUT2D eigenvalue weighted by Gasteiger charge is 2.12. The highest BCUT2D eigenvalue weighted by atomic mass is 16.5. The van der Waals surface area contributed by atoms with Gasteiger partial charge in [-0.2, -0.15) is 0 Å². The first-order chi connectivity index (χ1) is 10.7. The summed E-state index contributed by atoms with van der Waals surface area (Å²) in [5, 5.41) is 0. The van der Waals surface area contributed by atoms with Gasteiger partial charge in [0.1, 0.15) is 11.5 Å². The minimum atomic E-state index is -0.0258. The van der Waals surface area contributed by atoms with Gasteiger partial charge in [0.25, 0.3) is 5.91 Å². The maximum absolute atomic E-state index is 12.3. The van der Waals surface area contributed by atoms with Crippen molar-refractivity contribution in [1.29, 1.82) is 0 Å². The van der Waals surface area contributed by atoms with Crippen LogP contribution in [0.5, 0.6) is 11.5 Å². The number of amides is 1. The van der Waals surface area contributed by atoms with Crippen LogP contribution in [-0.2, 0) is 11.3 Å². The number of carbonyl (C=O) groups is 1. The standard InChI is InChI=1S/C18H21NO3/c1-3-19(13-15-7-5-4-6-8-15)18(20)14-22-17-11-9-16(21-2)10-12-17/h4-12H,3,13-14H2,1-2H3. The molecule has 0 unspecified atom stereocenters. The lowest BCUT2D eigenvalue weighted by Crippen LogP contribution is -2.34. The topological polar surface area (TPSA) is 38.8 Å². The van der Waals surface area contributed by atoms with Crippen LogP contribution in [0.4, 0.5) is 0 Å². The summed E-state index contributed by atoms with van der Waals surface area (Å²) in [6, 6.07) is 17.1. The van der Waals surface area contributed by atoms with Crippen molar-refractivity contribution in [3.63, 3.8) is 0 Å². The van der Waals surface area contributed by atoms with Crippen LogP contribution in [0, 0.1) is 0 Å². The molecular weight excluding hydrogens is 278 g/mol. The van der Waals surface area contributed by atoms with Gasteiger partial charge in [0.05, 0.1) is 7.11 Å². The molecule has 0 aromatic heterocycles. The molecule has 0 bridgehead atoms. The molecule has 0 saturated heterocycles. The molecule has 0 heterocycles. The van der Waals surface area contributed by atoms with Crippen molar-refractivity contribution in [2.45, 2.75) is 13.5 Å². The molecule has 116 valence electrons. The molecule has 0 radical (unpaired) electrons. The lowest BCUT2D eigenvalue weighted by molar-refractivity contribution is -0.133. The predicted octanol–water partition coefficient (Wildman–Crippen LogP) is 3.12. The van der Waals surface area contributed by atoms with Crippen molar-refractivity contribution in [1.82, 2.24) is 4.90 Å². The van der Waals surface area contributed by atoms with E-state index in [1.54, 1.807) is 36.3 Å². The molecule has 2 rings (SSSR count). The van der Waals surface area contributed by atoms with E-state index < -0.39 is 0 Å². The fourth-order valence-electron chi connectivity index (χ4n) is 2.09. The van der Waals surface area contributed by atoms with Crippen molar-refractivity contribution in [3.8, 4) is 11.5 Å². The van der Waals surface area contributed by atoms with Crippen molar-refractivity contribution < 1.29 is 14.3 Å². The van der Waals surface area contributed by atoms with Crippen LogP contribution in [0.25, 0.3) is 0 Å². The van der Waals surface area contributed by atoms with Gasteiger partial charge in [-0.05, 0) is 36.8 Å². The zero-order valence-electron chi connectivity index (χ0n) is 13.0. The maximum Gasteiger partial charge on any atom is 0.260 e. The lowest BCUT2D eigenvalue weighted by Gasteiger charge is -2.21. The number of hydrogen-bond donors (Lipinski definition) is 0. The number of rotatable bonds is 7. The second-order valence-electron chi connectivity index (χ2n) is 4.86. The molecule has 0 aliphatic rings. The number of methoxy groups -OCH3 is 1. The zero-order chi connectivity index (χ0) is 15.8. The highest BCUT2D eigenvalue weighted by molar-refractivity contribution is 5.77. The maximum atomic E-state index is 12.3. The summed E-state index contributed by atoms with van der Waals surface area (Å²) < 4.78 is 10.6. The smallest absolute Gasteiger partial charge is 0.260 e. The molecule has 1 amide bonds. The first-order valence-electron chi connectivity index (χ1n) is 7.31. The van der Waals surface area contributed by atoms with Gasteiger partial charge >= 0.3 is 0 Å². The van der Waals surface area contributed by atoms with E-state index >= 15 is 0 Å². The van der Waals surface area contributed by atoms with E-state index in [0.29, 0.717) is 18.8 Å². The summed E-state index contributed by atoms with van der Waals surface area (Å²) in [5.74, 6) is 1.39. The zero-order valence-corrected chi connectivity index (χ0v) is 13.0. The number of likely N-dealkylation sites (N-methyl/N-ethyl adjacent to an activating group) is 1. The Morgan fingerprint density at radius 3 is 2.23 bits per heavy atom. The SMILES string of the molecule is CCN(Cc1ccccc1)C(=O)COc1ccc(OC)cc1. The van der Waals surface area contributed by atoms with Crippen LogP contribution < -0.4 is 9.47 Å². The van der Waals surface area contributed by atoms with Gasteiger partial charge in [-0.3, -0.25) is 4.79 Å². The highest BCUT2D eigenvalue weighted by Crippen LogP contribution is 2.17. The number of hydrogen-bond acceptors (Lipinski definition) is 3. The molecule has 4 heteroatoms. The third-order valence-electron chi connectivity index (χ3n) is 3.37. The minimum Gasteiger partial charge on any atom is -0.497 e. The number of nitrogens with zero attached hydrogens (tertiary/aromatic N) is 1. The van der Waals surface area contributed by atoms with Gasteiger partial charge in [-0.15, -0.1) is 0 Å². The largest absolute Gasteiger partial charge is 0.497 e. The molecule has 0 atom stereocenters. The van der Waals surface area contributed by atoms with E-state index in [1.165, 1.54) is 0 Å². The molecule has 4 nitrogen and oxygen atoms in total. The summed E-state index contributed by atoms with van der Waals surface area (Å²) in [5.41, 5.74) is 1.11. The summed E-state index contributed by atoms with van der Waals surface area (Å²) in [6.45, 7) is 3.25. The quantitative estimate of drug-likeness (QED) is 0.788. The second kappa shape index (κ2) is 8.08. The molecule has 0 saturated carbocycles. The summed E-state index contributed by atoms with van der Waals surface area (Å²) >= 11 is 0. The van der Waals surface area contributed by atoms with Gasteiger partial charge in [0.15, 0.2) is 6.61 Å². The van der Waals surface area contributed by atoms with Crippen molar-refractivity contribution in [2.24, 2.45) is 0 Å². The van der Waals surface area contributed by atoms with Crippen LogP contribution in [-0.4, -0.2) is 31.1 Å². The van der Waals surface area contributed by atoms with E-state index in [-0.39, 0.29) is 12.5 Å². The Balaban J connectivity index is 1.88. The average Bonchev–Trinajstić information content (AvgIpc) is 2.59. The van der Waals surface area contributed by atoms with Gasteiger partial charge in [-0.25, -0.2) is 0 Å². The molecule has 0 aliphatic heterocycles. The Labute approximate surface area is 131 Å². The monoisotopic (exact) mass is 299 g/mol. The summed E-state index contributed by atoms with van der Waals surface area (Å²) in [4.78, 5) is 14.0. The van der Waals surface area contributed by atoms with Crippen LogP contribution in [0.3, 0.4) is 0 Å². The van der Waals surface area contributed by atoms with Gasteiger partial charge in [0, 0.05) is 13.1 Å². The molecule has 0 N–H and O–H groups in total. The fraction of sp³-hybridized carbons (Fsp3) is 0.278. The van der Waals surface area contributed by atoms with Gasteiger partial charge < -0.3 is 14.4 Å². The first kappa shape index (κ1) is 15.9. The normalized spacial score (nSPS) is 10.1.